The summed E-state index contributed by atoms with van der Waals surface area (Å²) in [5.41, 5.74) is 8.54. The van der Waals surface area contributed by atoms with E-state index in [-0.39, 0.29) is 0 Å². The molecule has 0 amide bonds. The minimum atomic E-state index is 0.638. The Morgan fingerprint density at radius 1 is 0.370 bits per heavy atom. The van der Waals surface area contributed by atoms with Gasteiger partial charge in [-0.3, -0.25) is 0 Å². The van der Waals surface area contributed by atoms with Gasteiger partial charge in [-0.15, -0.1) is 11.3 Å². The summed E-state index contributed by atoms with van der Waals surface area (Å²) in [5, 5.41) is 7.19. The fraction of sp³-hybridized carbons (Fsp3) is 0. The van der Waals surface area contributed by atoms with Gasteiger partial charge in [-0.2, -0.15) is 0 Å². The van der Waals surface area contributed by atoms with Crippen LogP contribution < -0.4 is 0 Å². The molecule has 0 bridgehead atoms. The van der Waals surface area contributed by atoms with E-state index in [0.29, 0.717) is 17.5 Å². The predicted octanol–water partition coefficient (Wildman–Crippen LogP) is 13.2. The zero-order chi connectivity index (χ0) is 35.6. The lowest BCUT2D eigenvalue weighted by atomic mass is 10.00. The highest BCUT2D eigenvalue weighted by molar-refractivity contribution is 7.25. The van der Waals surface area contributed by atoms with Crippen LogP contribution in [0.3, 0.4) is 0 Å². The number of hydrogen-bond acceptors (Lipinski definition) is 4. The standard InChI is InChI=1S/C49H30N4S/c1-2-13-37(14-3-1)53-42-18-8-6-16-39(42)46-40(17-10-19-43(46)53)49-51-47(33-24-21-32(22-25-33)35-26-23-31-11-4-5-12-34(31)29-35)50-48(52-49)36-27-28-45-41(30-36)38-15-7-9-20-44(38)54-45/h1-30H. The van der Waals surface area contributed by atoms with E-state index in [1.54, 1.807) is 0 Å². The molecule has 0 atom stereocenters. The van der Waals surface area contributed by atoms with Crippen LogP contribution in [0.25, 0.3) is 104 Å². The lowest BCUT2D eigenvalue weighted by Gasteiger charge is -2.11. The zero-order valence-electron chi connectivity index (χ0n) is 29.0. The molecule has 4 nitrogen and oxygen atoms in total. The van der Waals surface area contributed by atoms with Gasteiger partial charge < -0.3 is 4.57 Å². The lowest BCUT2D eigenvalue weighted by molar-refractivity contribution is 1.08. The van der Waals surface area contributed by atoms with Crippen LogP contribution in [0.1, 0.15) is 0 Å². The minimum absolute atomic E-state index is 0.638. The van der Waals surface area contributed by atoms with Gasteiger partial charge in [0.25, 0.3) is 0 Å². The molecule has 0 saturated heterocycles. The summed E-state index contributed by atoms with van der Waals surface area (Å²) < 4.78 is 4.85. The van der Waals surface area contributed by atoms with Crippen molar-refractivity contribution in [2.24, 2.45) is 0 Å². The highest BCUT2D eigenvalue weighted by Crippen LogP contribution is 2.40. The van der Waals surface area contributed by atoms with Crippen molar-refractivity contribution < 1.29 is 0 Å². The molecule has 0 aliphatic carbocycles. The molecule has 0 aliphatic heterocycles. The number of hydrogen-bond donors (Lipinski definition) is 0. The van der Waals surface area contributed by atoms with Crippen molar-refractivity contribution in [3.05, 3.63) is 182 Å². The highest BCUT2D eigenvalue weighted by Gasteiger charge is 2.20. The normalized spacial score (nSPS) is 11.7. The third kappa shape index (κ3) is 5.01. The minimum Gasteiger partial charge on any atom is -0.309 e. The second-order valence-corrected chi connectivity index (χ2v) is 14.7. The van der Waals surface area contributed by atoms with Crippen molar-refractivity contribution >= 4 is 64.1 Å². The average Bonchev–Trinajstić information content (AvgIpc) is 3.79. The van der Waals surface area contributed by atoms with E-state index in [0.717, 1.165) is 49.7 Å². The van der Waals surface area contributed by atoms with Crippen LogP contribution in [0.15, 0.2) is 182 Å². The molecule has 5 heteroatoms. The number of para-hydroxylation sites is 2. The summed E-state index contributed by atoms with van der Waals surface area (Å²) in [4.78, 5) is 15.7. The van der Waals surface area contributed by atoms with Gasteiger partial charge in [-0.05, 0) is 76.5 Å². The number of thiophene rings is 1. The van der Waals surface area contributed by atoms with Gasteiger partial charge >= 0.3 is 0 Å². The first kappa shape index (κ1) is 30.7. The average molecular weight is 707 g/mol. The van der Waals surface area contributed by atoms with Crippen LogP contribution in [0, 0.1) is 0 Å². The zero-order valence-corrected chi connectivity index (χ0v) is 29.8. The summed E-state index contributed by atoms with van der Waals surface area (Å²) in [5.74, 6) is 1.93. The first-order chi connectivity index (χ1) is 26.7. The molecule has 252 valence electrons. The smallest absolute Gasteiger partial charge is 0.164 e. The van der Waals surface area contributed by atoms with E-state index in [1.807, 2.05) is 11.3 Å². The number of rotatable bonds is 5. The molecule has 0 N–H and O–H groups in total. The third-order valence-electron chi connectivity index (χ3n) is 10.4. The SMILES string of the molecule is c1ccc(-n2c3ccccc3c3c(-c4nc(-c5ccc(-c6ccc7ccccc7c6)cc5)nc(-c5ccc6sc7ccccc7c6c5)n4)cccc32)cc1. The van der Waals surface area contributed by atoms with Crippen LogP contribution in [0.5, 0.6) is 0 Å². The molecule has 0 fully saturated rings. The molecule has 0 spiro atoms. The van der Waals surface area contributed by atoms with E-state index < -0.39 is 0 Å². The monoisotopic (exact) mass is 706 g/mol. The fourth-order valence-corrected chi connectivity index (χ4v) is 8.95. The van der Waals surface area contributed by atoms with E-state index in [4.69, 9.17) is 15.0 Å². The Hall–Kier alpha value is -6.95. The van der Waals surface area contributed by atoms with Crippen LogP contribution in [-0.2, 0) is 0 Å². The Morgan fingerprint density at radius 3 is 1.87 bits per heavy atom. The maximum absolute atomic E-state index is 5.28. The van der Waals surface area contributed by atoms with Crippen LogP contribution in [0.4, 0.5) is 0 Å². The second kappa shape index (κ2) is 12.3. The Morgan fingerprint density at radius 2 is 1.00 bits per heavy atom. The maximum atomic E-state index is 5.28. The largest absolute Gasteiger partial charge is 0.309 e. The van der Waals surface area contributed by atoms with Crippen LogP contribution in [0.2, 0.25) is 0 Å². The Labute approximate surface area is 315 Å². The van der Waals surface area contributed by atoms with Gasteiger partial charge in [0.2, 0.25) is 0 Å². The quantitative estimate of drug-likeness (QED) is 0.179. The molecule has 8 aromatic carbocycles. The molecule has 0 unspecified atom stereocenters. The van der Waals surface area contributed by atoms with Gasteiger partial charge in [0.15, 0.2) is 17.5 Å². The molecule has 11 aromatic rings. The molecule has 0 aliphatic rings. The summed E-state index contributed by atoms with van der Waals surface area (Å²) in [6.07, 6.45) is 0. The first-order valence-electron chi connectivity index (χ1n) is 18.1. The predicted molar refractivity (Wildman–Crippen MR) is 226 cm³/mol. The van der Waals surface area contributed by atoms with Crippen molar-refractivity contribution in [2.45, 2.75) is 0 Å². The maximum Gasteiger partial charge on any atom is 0.164 e. The number of benzene rings is 8. The summed E-state index contributed by atoms with van der Waals surface area (Å²) in [7, 11) is 0. The van der Waals surface area contributed by atoms with Crippen molar-refractivity contribution in [2.75, 3.05) is 0 Å². The topological polar surface area (TPSA) is 43.6 Å². The van der Waals surface area contributed by atoms with Crippen LogP contribution in [-0.4, -0.2) is 19.5 Å². The molecule has 3 aromatic heterocycles. The summed E-state index contributed by atoms with van der Waals surface area (Å²) in [6, 6.07) is 64.5. The van der Waals surface area contributed by atoms with Crippen molar-refractivity contribution in [3.8, 4) is 51.0 Å². The van der Waals surface area contributed by atoms with Gasteiger partial charge in [0, 0.05) is 53.3 Å². The highest BCUT2D eigenvalue weighted by atomic mass is 32.1. The Kier molecular flexibility index (Phi) is 7.00. The van der Waals surface area contributed by atoms with Gasteiger partial charge in [0.1, 0.15) is 0 Å². The molecule has 11 rings (SSSR count). The summed E-state index contributed by atoms with van der Waals surface area (Å²) >= 11 is 1.81. The number of aromatic nitrogens is 4. The fourth-order valence-electron chi connectivity index (χ4n) is 7.86. The van der Waals surface area contributed by atoms with E-state index in [9.17, 15) is 0 Å². The molecule has 54 heavy (non-hydrogen) atoms. The third-order valence-corrected chi connectivity index (χ3v) is 11.6. The number of fused-ring (bicyclic) bond motifs is 7. The first-order valence-corrected chi connectivity index (χ1v) is 18.9. The molecule has 0 saturated carbocycles. The van der Waals surface area contributed by atoms with Crippen molar-refractivity contribution in [1.29, 1.82) is 0 Å². The lowest BCUT2D eigenvalue weighted by Crippen LogP contribution is -2.00. The molecule has 0 radical (unpaired) electrons. The van der Waals surface area contributed by atoms with Crippen LogP contribution >= 0.6 is 11.3 Å². The van der Waals surface area contributed by atoms with E-state index in [1.165, 1.54) is 36.5 Å². The van der Waals surface area contributed by atoms with Gasteiger partial charge in [0.05, 0.1) is 11.0 Å². The van der Waals surface area contributed by atoms with Crippen molar-refractivity contribution in [3.63, 3.8) is 0 Å². The van der Waals surface area contributed by atoms with Gasteiger partial charge in [-0.1, -0.05) is 127 Å². The second-order valence-electron chi connectivity index (χ2n) is 13.6. The van der Waals surface area contributed by atoms with E-state index >= 15 is 0 Å². The van der Waals surface area contributed by atoms with Gasteiger partial charge in [-0.25, -0.2) is 15.0 Å². The Bertz CT molecular complexity index is 3210. The number of nitrogens with zero attached hydrogens (tertiary/aromatic N) is 4. The summed E-state index contributed by atoms with van der Waals surface area (Å²) in [6.45, 7) is 0. The van der Waals surface area contributed by atoms with Crippen molar-refractivity contribution in [1.82, 2.24) is 19.5 Å². The Balaban J connectivity index is 1.12. The molecular weight excluding hydrogens is 677 g/mol. The molecule has 3 heterocycles. The molecular formula is C49H30N4S. The van der Waals surface area contributed by atoms with E-state index in [2.05, 4.69) is 187 Å².